The van der Waals surface area contributed by atoms with Gasteiger partial charge in [-0.3, -0.25) is 4.79 Å². The molecular weight excluding hydrogens is 336 g/mol. The normalized spacial score (nSPS) is 13.3. The summed E-state index contributed by atoms with van der Waals surface area (Å²) in [6.45, 7) is 3.26. The summed E-state index contributed by atoms with van der Waals surface area (Å²) in [5.74, 6) is -1.50. The number of nitrogens with zero attached hydrogens (tertiary/aromatic N) is 1. The number of hydrogen-bond donors (Lipinski definition) is 1. The molecule has 0 spiro atoms. The van der Waals surface area contributed by atoms with E-state index in [9.17, 15) is 14.4 Å². The molecule has 1 heterocycles. The second-order valence-electron chi connectivity index (χ2n) is 5.50. The van der Waals surface area contributed by atoms with Gasteiger partial charge in [0, 0.05) is 24.5 Å². The van der Waals surface area contributed by atoms with Crippen molar-refractivity contribution in [2.24, 2.45) is 0 Å². The molecule has 0 atom stereocenters. The molecule has 136 valence electrons. The average Bonchev–Trinajstić information content (AvgIpc) is 2.84. The number of ether oxygens (including phenoxy) is 2. The number of nitrogens with one attached hydrogen (secondary N) is 1. The minimum atomic E-state index is -0.676. The highest BCUT2D eigenvalue weighted by Crippen LogP contribution is 2.29. The zero-order valence-corrected chi connectivity index (χ0v) is 15.0. The van der Waals surface area contributed by atoms with Crippen molar-refractivity contribution in [1.82, 2.24) is 0 Å². The van der Waals surface area contributed by atoms with Crippen LogP contribution in [0.3, 0.4) is 0 Å². The molecule has 7 nitrogen and oxygen atoms in total. The van der Waals surface area contributed by atoms with Crippen molar-refractivity contribution in [2.75, 3.05) is 24.4 Å². The fraction of sp³-hybridized carbons (Fsp3) is 0.211. The SMILES string of the molecule is COC(=O)C1=C(C(=O)OC)N(c2ccc(NC(C)=O)c(C)c2)C=CC=C1. The van der Waals surface area contributed by atoms with Gasteiger partial charge in [-0.2, -0.15) is 0 Å². The molecule has 1 aliphatic rings. The van der Waals surface area contributed by atoms with Gasteiger partial charge in [0.15, 0.2) is 0 Å². The van der Waals surface area contributed by atoms with E-state index in [1.54, 1.807) is 41.5 Å². The summed E-state index contributed by atoms with van der Waals surface area (Å²) in [5.41, 5.74) is 2.20. The summed E-state index contributed by atoms with van der Waals surface area (Å²) in [4.78, 5) is 37.3. The molecule has 1 amide bonds. The van der Waals surface area contributed by atoms with Crippen molar-refractivity contribution >= 4 is 29.2 Å². The Balaban J connectivity index is 2.58. The molecule has 1 aromatic carbocycles. The molecule has 1 aromatic rings. The lowest BCUT2D eigenvalue weighted by Crippen LogP contribution is -2.27. The molecular formula is C19H20N2O5. The monoisotopic (exact) mass is 356 g/mol. The van der Waals surface area contributed by atoms with E-state index in [0.29, 0.717) is 11.4 Å². The standard InChI is InChI=1S/C19H20N2O5/c1-12-11-14(8-9-16(12)20-13(2)22)21-10-6-5-7-15(18(23)25-3)17(21)19(24)26-4/h5-11H,1-4H3,(H,20,22). The van der Waals surface area contributed by atoms with Gasteiger partial charge in [0.2, 0.25) is 5.91 Å². The summed E-state index contributed by atoms with van der Waals surface area (Å²) in [6, 6.07) is 5.25. The second-order valence-corrected chi connectivity index (χ2v) is 5.50. The van der Waals surface area contributed by atoms with Gasteiger partial charge in [0.25, 0.3) is 0 Å². The predicted molar refractivity (Wildman–Crippen MR) is 97.3 cm³/mol. The highest BCUT2D eigenvalue weighted by molar-refractivity contribution is 6.05. The van der Waals surface area contributed by atoms with Gasteiger partial charge in [-0.25, -0.2) is 9.59 Å². The number of aryl methyl sites for hydroxylation is 1. The summed E-state index contributed by atoms with van der Waals surface area (Å²) >= 11 is 0. The highest BCUT2D eigenvalue weighted by Gasteiger charge is 2.27. The number of anilines is 2. The zero-order valence-electron chi connectivity index (χ0n) is 15.0. The molecule has 1 aliphatic heterocycles. The lowest BCUT2D eigenvalue weighted by Gasteiger charge is -2.24. The molecule has 0 unspecified atom stereocenters. The average molecular weight is 356 g/mol. The van der Waals surface area contributed by atoms with Crippen LogP contribution in [0.15, 0.2) is 53.9 Å². The quantitative estimate of drug-likeness (QED) is 0.834. The van der Waals surface area contributed by atoms with Crippen LogP contribution < -0.4 is 10.2 Å². The van der Waals surface area contributed by atoms with Gasteiger partial charge in [-0.1, -0.05) is 6.08 Å². The second kappa shape index (κ2) is 8.15. The number of hydrogen-bond acceptors (Lipinski definition) is 6. The Kier molecular flexibility index (Phi) is 5.95. The van der Waals surface area contributed by atoms with Crippen molar-refractivity contribution in [2.45, 2.75) is 13.8 Å². The fourth-order valence-electron chi connectivity index (χ4n) is 2.49. The minimum Gasteiger partial charge on any atom is -0.465 e. The molecule has 1 N–H and O–H groups in total. The van der Waals surface area contributed by atoms with E-state index in [1.165, 1.54) is 27.2 Å². The maximum atomic E-state index is 12.4. The first-order valence-corrected chi connectivity index (χ1v) is 7.82. The van der Waals surface area contributed by atoms with Gasteiger partial charge in [0.05, 0.1) is 19.8 Å². The molecule has 7 heteroatoms. The van der Waals surface area contributed by atoms with E-state index >= 15 is 0 Å². The Hall–Kier alpha value is -3.35. The first kappa shape index (κ1) is 19.0. The van der Waals surface area contributed by atoms with Crippen molar-refractivity contribution in [3.63, 3.8) is 0 Å². The van der Waals surface area contributed by atoms with Crippen LogP contribution in [-0.4, -0.2) is 32.1 Å². The number of allylic oxidation sites excluding steroid dienone is 2. The maximum Gasteiger partial charge on any atom is 0.355 e. The maximum absolute atomic E-state index is 12.4. The molecule has 0 bridgehead atoms. The first-order chi connectivity index (χ1) is 12.4. The third-order valence-electron chi connectivity index (χ3n) is 3.69. The summed E-state index contributed by atoms with van der Waals surface area (Å²) in [7, 11) is 2.49. The van der Waals surface area contributed by atoms with E-state index in [1.807, 2.05) is 6.92 Å². The number of rotatable bonds is 4. The van der Waals surface area contributed by atoms with E-state index in [-0.39, 0.29) is 17.2 Å². The van der Waals surface area contributed by atoms with Crippen LogP contribution in [0.2, 0.25) is 0 Å². The van der Waals surface area contributed by atoms with E-state index in [4.69, 9.17) is 9.47 Å². The van der Waals surface area contributed by atoms with Gasteiger partial charge in [0.1, 0.15) is 5.70 Å². The highest BCUT2D eigenvalue weighted by atomic mass is 16.5. The molecule has 26 heavy (non-hydrogen) atoms. The number of benzene rings is 1. The van der Waals surface area contributed by atoms with Crippen LogP contribution in [0.25, 0.3) is 0 Å². The van der Waals surface area contributed by atoms with Gasteiger partial charge < -0.3 is 19.7 Å². The van der Waals surface area contributed by atoms with Crippen molar-refractivity contribution < 1.29 is 23.9 Å². The smallest absolute Gasteiger partial charge is 0.355 e. The summed E-state index contributed by atoms with van der Waals surface area (Å²) in [6.07, 6.45) is 6.46. The molecule has 0 aromatic heterocycles. The Morgan fingerprint density at radius 1 is 1.04 bits per heavy atom. The molecule has 0 radical (unpaired) electrons. The van der Waals surface area contributed by atoms with Gasteiger partial charge in [-0.15, -0.1) is 0 Å². The lowest BCUT2D eigenvalue weighted by atomic mass is 10.1. The molecule has 0 fully saturated rings. The number of carbonyl (C=O) groups is 3. The van der Waals surface area contributed by atoms with Crippen LogP contribution in [0.4, 0.5) is 11.4 Å². The van der Waals surface area contributed by atoms with Crippen LogP contribution in [-0.2, 0) is 23.9 Å². The van der Waals surface area contributed by atoms with E-state index < -0.39 is 11.9 Å². The summed E-state index contributed by atoms with van der Waals surface area (Å²) in [5, 5.41) is 2.73. The topological polar surface area (TPSA) is 84.9 Å². The first-order valence-electron chi connectivity index (χ1n) is 7.82. The van der Waals surface area contributed by atoms with Crippen LogP contribution in [0, 0.1) is 6.92 Å². The zero-order chi connectivity index (χ0) is 19.3. The van der Waals surface area contributed by atoms with Crippen molar-refractivity contribution in [3.8, 4) is 0 Å². The number of carbonyl (C=O) groups excluding carboxylic acids is 3. The van der Waals surface area contributed by atoms with E-state index in [2.05, 4.69) is 5.32 Å². The summed E-state index contributed by atoms with van der Waals surface area (Å²) < 4.78 is 9.64. The molecule has 0 saturated carbocycles. The largest absolute Gasteiger partial charge is 0.465 e. The Labute approximate surface area is 151 Å². The van der Waals surface area contributed by atoms with Gasteiger partial charge in [-0.05, 0) is 42.8 Å². The van der Waals surface area contributed by atoms with Crippen molar-refractivity contribution in [1.29, 1.82) is 0 Å². The van der Waals surface area contributed by atoms with E-state index in [0.717, 1.165) is 5.56 Å². The minimum absolute atomic E-state index is 0.0380. The van der Waals surface area contributed by atoms with Crippen molar-refractivity contribution in [3.05, 3.63) is 59.5 Å². The fourth-order valence-corrected chi connectivity index (χ4v) is 2.49. The number of methoxy groups -OCH3 is 2. The Bertz CT molecular complexity index is 836. The third kappa shape index (κ3) is 4.00. The Morgan fingerprint density at radius 3 is 2.31 bits per heavy atom. The van der Waals surface area contributed by atoms with Crippen LogP contribution >= 0.6 is 0 Å². The lowest BCUT2D eigenvalue weighted by molar-refractivity contribution is -0.139. The predicted octanol–water partition coefficient (Wildman–Crippen LogP) is 2.44. The molecule has 0 saturated heterocycles. The van der Waals surface area contributed by atoms with Crippen LogP contribution in [0.1, 0.15) is 12.5 Å². The molecule has 0 aliphatic carbocycles. The van der Waals surface area contributed by atoms with Gasteiger partial charge >= 0.3 is 11.9 Å². The molecule has 2 rings (SSSR count). The third-order valence-corrected chi connectivity index (χ3v) is 3.69. The van der Waals surface area contributed by atoms with Crippen LogP contribution in [0.5, 0.6) is 0 Å². The Morgan fingerprint density at radius 2 is 1.73 bits per heavy atom. The number of amides is 1. The number of esters is 2.